The summed E-state index contributed by atoms with van der Waals surface area (Å²) in [6.07, 6.45) is 0. The maximum atomic E-state index is 7.33. The van der Waals surface area contributed by atoms with Gasteiger partial charge >= 0.3 is 38.6 Å². The van der Waals surface area contributed by atoms with Crippen LogP contribution < -0.4 is 0 Å². The van der Waals surface area contributed by atoms with Crippen molar-refractivity contribution in [1.82, 2.24) is 0 Å². The van der Waals surface area contributed by atoms with Crippen LogP contribution in [-0.4, -0.2) is 57.8 Å². The normalized spacial score (nSPS) is 8.57. The average Bonchev–Trinajstić information content (AvgIpc) is 0.722. The molecule has 0 radical (unpaired) electrons. The van der Waals surface area contributed by atoms with Gasteiger partial charge in [0.25, 0.3) is 0 Å². The predicted molar refractivity (Wildman–Crippen MR) is 21.8 cm³/mol. The second kappa shape index (κ2) is 6.42. The minimum atomic E-state index is -4.61. The molecular formula is H5ErNaO4Si. The number of rotatable bonds is 0. The van der Waals surface area contributed by atoms with E-state index in [0.29, 0.717) is 0 Å². The molecule has 7 heteroatoms. The van der Waals surface area contributed by atoms with Crippen molar-refractivity contribution in [3.05, 3.63) is 0 Å². The summed E-state index contributed by atoms with van der Waals surface area (Å²) in [6.45, 7) is 0. The molecule has 0 aliphatic heterocycles. The van der Waals surface area contributed by atoms with Crippen LogP contribution in [0.1, 0.15) is 0 Å². The Bertz CT molecular complexity index is 27.2. The Morgan fingerprint density at radius 3 is 0.857 bits per heavy atom. The summed E-state index contributed by atoms with van der Waals surface area (Å²) in [7, 11) is -4.61. The van der Waals surface area contributed by atoms with Gasteiger partial charge in [-0.3, -0.25) is 0 Å². The van der Waals surface area contributed by atoms with E-state index in [2.05, 4.69) is 0 Å². The van der Waals surface area contributed by atoms with Crippen molar-refractivity contribution in [3.63, 3.8) is 0 Å². The van der Waals surface area contributed by atoms with Gasteiger partial charge < -0.3 is 19.2 Å². The van der Waals surface area contributed by atoms with Gasteiger partial charge in [-0.25, -0.2) is 0 Å². The summed E-state index contributed by atoms with van der Waals surface area (Å²) >= 11 is 0. The zero-order valence-corrected chi connectivity index (χ0v) is 5.43. The van der Waals surface area contributed by atoms with Crippen molar-refractivity contribution in [2.45, 2.75) is 0 Å². The topological polar surface area (TPSA) is 80.9 Å². The van der Waals surface area contributed by atoms with E-state index in [0.717, 1.165) is 0 Å². The van der Waals surface area contributed by atoms with Crippen LogP contribution in [0.5, 0.6) is 0 Å². The van der Waals surface area contributed by atoms with Crippen molar-refractivity contribution in [2.24, 2.45) is 0 Å². The van der Waals surface area contributed by atoms with E-state index in [1.807, 2.05) is 0 Å². The van der Waals surface area contributed by atoms with Crippen LogP contribution in [0, 0.1) is 37.3 Å². The molecule has 0 heterocycles. The second-order valence-corrected chi connectivity index (χ2v) is 1.80. The Balaban J connectivity index is -0.0000000800. The number of hydrogen-bond donors (Lipinski definition) is 4. The summed E-state index contributed by atoms with van der Waals surface area (Å²) < 4.78 is 0. The van der Waals surface area contributed by atoms with E-state index in [1.165, 1.54) is 0 Å². The molecule has 4 nitrogen and oxygen atoms in total. The summed E-state index contributed by atoms with van der Waals surface area (Å²) in [4.78, 5) is 29.3. The summed E-state index contributed by atoms with van der Waals surface area (Å²) in [5.41, 5.74) is 0. The quantitative estimate of drug-likeness (QED) is 0.353. The van der Waals surface area contributed by atoms with Gasteiger partial charge in [0.05, 0.1) is 0 Å². The standard InChI is InChI=1S/Er.Na.H4O4Si.H/c;;1-5(2,3)4;/h;;1-4H;. The molecule has 0 aliphatic rings. The fraction of sp³-hybridized carbons (Fsp3) is 0. The second-order valence-electron chi connectivity index (χ2n) is 0.600. The molecule has 0 bridgehead atoms. The average molecular weight is 287 g/mol. The number of hydrogen-bond acceptors (Lipinski definition) is 4. The van der Waals surface area contributed by atoms with Crippen molar-refractivity contribution < 1.29 is 56.5 Å². The monoisotopic (exact) mass is 286 g/mol. The van der Waals surface area contributed by atoms with Gasteiger partial charge in [-0.15, -0.1) is 0 Å². The van der Waals surface area contributed by atoms with Crippen LogP contribution in [0.3, 0.4) is 0 Å². The SMILES string of the molecule is O[Si](O)(O)O.[Er].[NaH]. The van der Waals surface area contributed by atoms with Crippen molar-refractivity contribution in [1.29, 1.82) is 0 Å². The fourth-order valence-corrected chi connectivity index (χ4v) is 0. The van der Waals surface area contributed by atoms with E-state index in [-0.39, 0.29) is 66.9 Å². The molecule has 0 aromatic carbocycles. The molecular weight excluding hydrogens is 282 g/mol. The molecule has 0 rings (SSSR count). The van der Waals surface area contributed by atoms with Gasteiger partial charge in [0.15, 0.2) is 0 Å². The van der Waals surface area contributed by atoms with Gasteiger partial charge in [0.1, 0.15) is 0 Å². The zero-order chi connectivity index (χ0) is 4.50. The van der Waals surface area contributed by atoms with Gasteiger partial charge in [-0.05, 0) is 0 Å². The van der Waals surface area contributed by atoms with Gasteiger partial charge in [-0.2, -0.15) is 0 Å². The van der Waals surface area contributed by atoms with Crippen LogP contribution in [-0.2, 0) is 0 Å². The zero-order valence-electron chi connectivity index (χ0n) is 2.58. The molecule has 0 saturated heterocycles. The van der Waals surface area contributed by atoms with Crippen LogP contribution in [0.4, 0.5) is 0 Å². The summed E-state index contributed by atoms with van der Waals surface area (Å²) in [6, 6.07) is 0. The van der Waals surface area contributed by atoms with E-state index < -0.39 is 9.05 Å². The van der Waals surface area contributed by atoms with Gasteiger partial charge in [0, 0.05) is 37.3 Å². The third-order valence-electron chi connectivity index (χ3n) is 0. The van der Waals surface area contributed by atoms with Crippen molar-refractivity contribution in [2.75, 3.05) is 0 Å². The first-order valence-electron chi connectivity index (χ1n) is 0.894. The third-order valence-corrected chi connectivity index (χ3v) is 0. The van der Waals surface area contributed by atoms with Gasteiger partial charge in [-0.1, -0.05) is 0 Å². The van der Waals surface area contributed by atoms with E-state index in [9.17, 15) is 0 Å². The summed E-state index contributed by atoms with van der Waals surface area (Å²) in [5, 5.41) is 0. The predicted octanol–water partition coefficient (Wildman–Crippen LogP) is -3.26. The molecule has 0 atom stereocenters. The molecule has 0 aromatic rings. The first kappa shape index (κ1) is 16.1. The molecule has 0 spiro atoms. The van der Waals surface area contributed by atoms with Crippen LogP contribution >= 0.6 is 0 Å². The Morgan fingerprint density at radius 2 is 0.857 bits per heavy atom. The Morgan fingerprint density at radius 1 is 0.857 bits per heavy atom. The minimum absolute atomic E-state index is 0. The first-order chi connectivity index (χ1) is 2.00. The Hall–Kier alpha value is 2.30. The molecule has 0 amide bonds. The molecule has 46 valence electrons. The van der Waals surface area contributed by atoms with Crippen LogP contribution in [0.2, 0.25) is 0 Å². The molecule has 7 heavy (non-hydrogen) atoms. The Labute approximate surface area is 93.5 Å². The fourth-order valence-electron chi connectivity index (χ4n) is 0. The van der Waals surface area contributed by atoms with Crippen molar-refractivity contribution in [3.8, 4) is 0 Å². The Kier molecular flexibility index (Phi) is 14.8. The van der Waals surface area contributed by atoms with E-state index in [4.69, 9.17) is 19.2 Å². The maximum absolute atomic E-state index is 7.33. The van der Waals surface area contributed by atoms with Gasteiger partial charge in [0.2, 0.25) is 0 Å². The summed E-state index contributed by atoms with van der Waals surface area (Å²) in [5.74, 6) is 0. The molecule has 0 fully saturated rings. The molecule has 0 unspecified atom stereocenters. The third kappa shape index (κ3) is 62.2. The van der Waals surface area contributed by atoms with Crippen LogP contribution in [0.25, 0.3) is 0 Å². The van der Waals surface area contributed by atoms with E-state index in [1.54, 1.807) is 0 Å². The van der Waals surface area contributed by atoms with E-state index >= 15 is 0 Å². The van der Waals surface area contributed by atoms with Crippen molar-refractivity contribution >= 4 is 38.6 Å². The molecule has 0 aromatic heterocycles. The van der Waals surface area contributed by atoms with Crippen LogP contribution in [0.15, 0.2) is 0 Å². The first-order valence-corrected chi connectivity index (χ1v) is 2.68. The molecule has 0 saturated carbocycles. The molecule has 4 N–H and O–H groups in total. The molecule has 0 aliphatic carbocycles.